The van der Waals surface area contributed by atoms with Gasteiger partial charge in [0.2, 0.25) is 0 Å². The highest BCUT2D eigenvalue weighted by atomic mass is 16.5. The van der Waals surface area contributed by atoms with E-state index in [0.29, 0.717) is 12.8 Å². The minimum absolute atomic E-state index is 0.144. The zero-order valence-electron chi connectivity index (χ0n) is 9.07. The number of aliphatic carboxylic acids is 1. The number of hydrogen-bond acceptors (Lipinski definition) is 3. The smallest absolute Gasteiger partial charge is 0.330 e. The molecule has 0 saturated heterocycles. The molecule has 0 heterocycles. The molecule has 0 aromatic rings. The van der Waals surface area contributed by atoms with Gasteiger partial charge in [-0.2, -0.15) is 0 Å². The highest BCUT2D eigenvalue weighted by Gasteiger charge is 2.16. The van der Waals surface area contributed by atoms with Crippen LogP contribution in [0, 0.1) is 5.92 Å². The second kappa shape index (κ2) is 8.03. The molecular weight excluding hydrogens is 196 g/mol. The third-order valence-electron chi connectivity index (χ3n) is 2.13. The number of ether oxygens (including phenoxy) is 1. The van der Waals surface area contributed by atoms with Crippen LogP contribution in [0.3, 0.4) is 0 Å². The summed E-state index contributed by atoms with van der Waals surface area (Å²) in [5.74, 6) is -1.74. The molecule has 0 radical (unpaired) electrons. The van der Waals surface area contributed by atoms with Crippen LogP contribution in [0.4, 0.5) is 0 Å². The van der Waals surface area contributed by atoms with E-state index >= 15 is 0 Å². The van der Waals surface area contributed by atoms with E-state index in [1.54, 1.807) is 0 Å². The van der Waals surface area contributed by atoms with Gasteiger partial charge in [-0.25, -0.2) is 4.79 Å². The van der Waals surface area contributed by atoms with E-state index in [4.69, 9.17) is 9.84 Å². The summed E-state index contributed by atoms with van der Waals surface area (Å²) in [5, 5.41) is 8.86. The summed E-state index contributed by atoms with van der Waals surface area (Å²) in [6.07, 6.45) is 3.93. The van der Waals surface area contributed by atoms with Gasteiger partial charge in [0, 0.05) is 6.08 Å². The minimum atomic E-state index is -0.821. The predicted molar refractivity (Wildman–Crippen MR) is 56.4 cm³/mol. The fourth-order valence-corrected chi connectivity index (χ4v) is 1.20. The maximum absolute atomic E-state index is 10.8. The van der Waals surface area contributed by atoms with Gasteiger partial charge in [0.1, 0.15) is 0 Å². The van der Waals surface area contributed by atoms with Gasteiger partial charge in [-0.1, -0.05) is 26.3 Å². The zero-order chi connectivity index (χ0) is 11.7. The van der Waals surface area contributed by atoms with Gasteiger partial charge in [-0.05, 0) is 12.8 Å². The summed E-state index contributed by atoms with van der Waals surface area (Å²) in [5.41, 5.74) is 0. The van der Waals surface area contributed by atoms with Crippen molar-refractivity contribution in [3.8, 4) is 0 Å². The normalized spacial score (nSPS) is 11.8. The Kier molecular flexibility index (Phi) is 7.32. The lowest BCUT2D eigenvalue weighted by molar-refractivity contribution is -0.145. The maximum Gasteiger partial charge on any atom is 0.330 e. The van der Waals surface area contributed by atoms with Gasteiger partial charge in [-0.15, -0.1) is 0 Å². The number of carboxylic acid groups (broad SMARTS) is 1. The van der Waals surface area contributed by atoms with Gasteiger partial charge >= 0.3 is 11.9 Å². The van der Waals surface area contributed by atoms with E-state index in [1.807, 2.05) is 6.92 Å². The first kappa shape index (κ1) is 13.7. The topological polar surface area (TPSA) is 63.6 Å². The minimum Gasteiger partial charge on any atom is -0.481 e. The van der Waals surface area contributed by atoms with Crippen molar-refractivity contribution in [2.24, 2.45) is 5.92 Å². The highest BCUT2D eigenvalue weighted by Crippen LogP contribution is 2.13. The van der Waals surface area contributed by atoms with Crippen LogP contribution in [0.15, 0.2) is 12.7 Å². The summed E-state index contributed by atoms with van der Waals surface area (Å²) in [4.78, 5) is 21.5. The summed E-state index contributed by atoms with van der Waals surface area (Å²) in [7, 11) is 0. The molecule has 0 aliphatic rings. The number of carboxylic acids is 1. The van der Waals surface area contributed by atoms with Crippen molar-refractivity contribution in [1.82, 2.24) is 0 Å². The molecule has 4 heteroatoms. The average molecular weight is 214 g/mol. The lowest BCUT2D eigenvalue weighted by Crippen LogP contribution is -2.17. The van der Waals surface area contributed by atoms with Crippen LogP contribution in [-0.4, -0.2) is 23.7 Å². The number of rotatable bonds is 8. The molecule has 86 valence electrons. The number of hydrogen-bond donors (Lipinski definition) is 1. The zero-order valence-corrected chi connectivity index (χ0v) is 9.07. The third kappa shape index (κ3) is 6.71. The van der Waals surface area contributed by atoms with Crippen LogP contribution >= 0.6 is 0 Å². The molecule has 0 amide bonds. The molecule has 0 aromatic carbocycles. The van der Waals surface area contributed by atoms with Crippen LogP contribution in [0.25, 0.3) is 0 Å². The molecule has 0 rings (SSSR count). The Morgan fingerprint density at radius 1 is 1.47 bits per heavy atom. The molecule has 0 aromatic heterocycles. The molecule has 0 saturated carbocycles. The van der Waals surface area contributed by atoms with E-state index in [2.05, 4.69) is 6.58 Å². The fraction of sp³-hybridized carbons (Fsp3) is 0.636. The van der Waals surface area contributed by atoms with Crippen molar-refractivity contribution < 1.29 is 19.4 Å². The number of carbonyl (C=O) groups excluding carboxylic acids is 1. The molecular formula is C11H18O4. The molecule has 0 aliphatic heterocycles. The molecule has 0 fully saturated rings. The van der Waals surface area contributed by atoms with Gasteiger partial charge in [0.25, 0.3) is 0 Å². The molecule has 1 unspecified atom stereocenters. The molecule has 4 nitrogen and oxygen atoms in total. The Hall–Kier alpha value is -1.32. The van der Waals surface area contributed by atoms with E-state index in [9.17, 15) is 9.59 Å². The van der Waals surface area contributed by atoms with Crippen molar-refractivity contribution in [3.63, 3.8) is 0 Å². The lowest BCUT2D eigenvalue weighted by Gasteiger charge is -2.11. The van der Waals surface area contributed by atoms with Crippen molar-refractivity contribution in [3.05, 3.63) is 12.7 Å². The van der Waals surface area contributed by atoms with Crippen LogP contribution in [0.2, 0.25) is 0 Å². The first-order valence-electron chi connectivity index (χ1n) is 5.13. The van der Waals surface area contributed by atoms with Crippen molar-refractivity contribution in [1.29, 1.82) is 0 Å². The van der Waals surface area contributed by atoms with E-state index in [0.717, 1.165) is 18.9 Å². The lowest BCUT2D eigenvalue weighted by atomic mass is 9.99. The number of unbranched alkanes of at least 4 members (excludes halogenated alkanes) is 1. The quantitative estimate of drug-likeness (QED) is 0.495. The Labute approximate surface area is 89.9 Å². The van der Waals surface area contributed by atoms with Crippen molar-refractivity contribution >= 4 is 11.9 Å². The predicted octanol–water partition coefficient (Wildman–Crippen LogP) is 2.00. The second-order valence-corrected chi connectivity index (χ2v) is 3.34. The SMILES string of the molecule is C=CC(=O)OCCC(CCCC)C(=O)O. The van der Waals surface area contributed by atoms with E-state index in [1.165, 1.54) is 0 Å². The van der Waals surface area contributed by atoms with Gasteiger partial charge in [-0.3, -0.25) is 4.79 Å². The van der Waals surface area contributed by atoms with Gasteiger partial charge < -0.3 is 9.84 Å². The van der Waals surface area contributed by atoms with Gasteiger partial charge in [0.05, 0.1) is 12.5 Å². The number of carbonyl (C=O) groups is 2. The number of esters is 1. The largest absolute Gasteiger partial charge is 0.481 e. The second-order valence-electron chi connectivity index (χ2n) is 3.34. The molecule has 0 spiro atoms. The maximum atomic E-state index is 10.8. The molecule has 0 bridgehead atoms. The first-order chi connectivity index (χ1) is 7.11. The Balaban J connectivity index is 3.80. The van der Waals surface area contributed by atoms with E-state index in [-0.39, 0.29) is 6.61 Å². The summed E-state index contributed by atoms with van der Waals surface area (Å²) in [6, 6.07) is 0. The molecule has 1 atom stereocenters. The van der Waals surface area contributed by atoms with Crippen LogP contribution in [0.5, 0.6) is 0 Å². The fourth-order valence-electron chi connectivity index (χ4n) is 1.20. The average Bonchev–Trinajstić information content (AvgIpc) is 2.22. The van der Waals surface area contributed by atoms with Crippen molar-refractivity contribution in [2.45, 2.75) is 32.6 Å². The monoisotopic (exact) mass is 214 g/mol. The summed E-state index contributed by atoms with van der Waals surface area (Å²) >= 11 is 0. The summed E-state index contributed by atoms with van der Waals surface area (Å²) < 4.78 is 4.73. The first-order valence-corrected chi connectivity index (χ1v) is 5.13. The summed E-state index contributed by atoms with van der Waals surface area (Å²) in [6.45, 7) is 5.41. The Morgan fingerprint density at radius 3 is 2.60 bits per heavy atom. The molecule has 15 heavy (non-hydrogen) atoms. The highest BCUT2D eigenvalue weighted by molar-refractivity contribution is 5.81. The van der Waals surface area contributed by atoms with Gasteiger partial charge in [0.15, 0.2) is 0 Å². The van der Waals surface area contributed by atoms with E-state index < -0.39 is 17.9 Å². The Bertz CT molecular complexity index is 223. The van der Waals surface area contributed by atoms with Crippen LogP contribution in [0.1, 0.15) is 32.6 Å². The van der Waals surface area contributed by atoms with Crippen LogP contribution in [-0.2, 0) is 14.3 Å². The third-order valence-corrected chi connectivity index (χ3v) is 2.13. The van der Waals surface area contributed by atoms with Crippen LogP contribution < -0.4 is 0 Å². The molecule has 1 N–H and O–H groups in total. The molecule has 0 aliphatic carbocycles. The van der Waals surface area contributed by atoms with Crippen molar-refractivity contribution in [2.75, 3.05) is 6.61 Å². The standard InChI is InChI=1S/C11H18O4/c1-3-5-6-9(11(13)14)7-8-15-10(12)4-2/h4,9H,2-3,5-8H2,1H3,(H,13,14). The Morgan fingerprint density at radius 2 is 2.13 bits per heavy atom.